The fraction of sp³-hybridized carbons (Fsp3) is 1.00. The van der Waals surface area contributed by atoms with Crippen LogP contribution in [0.5, 0.6) is 0 Å². The van der Waals surface area contributed by atoms with E-state index in [9.17, 15) is 13.2 Å². The molecule has 0 unspecified atom stereocenters. The van der Waals surface area contributed by atoms with Crippen LogP contribution in [-0.2, 0) is 4.74 Å². The normalized spacial score (nSPS) is 10.3. The van der Waals surface area contributed by atoms with Crippen LogP contribution in [0.25, 0.3) is 0 Å². The summed E-state index contributed by atoms with van der Waals surface area (Å²) in [5.41, 5.74) is 0. The first-order chi connectivity index (χ1) is 4.41. The van der Waals surface area contributed by atoms with Gasteiger partial charge in [0.05, 0.1) is 0 Å². The Morgan fingerprint density at radius 2 is 1.40 bits per heavy atom. The van der Waals surface area contributed by atoms with E-state index < -0.39 is 4.85 Å². The molecule has 1 nitrogen and oxygen atoms in total. The van der Waals surface area contributed by atoms with E-state index in [-0.39, 0.29) is 17.7 Å². The third-order valence-electron chi connectivity index (χ3n) is 0.408. The van der Waals surface area contributed by atoms with Gasteiger partial charge in [-0.2, -0.15) is 0 Å². The predicted octanol–water partition coefficient (Wildman–Crippen LogP) is 1.72. The van der Waals surface area contributed by atoms with Crippen molar-refractivity contribution in [2.75, 3.05) is 13.2 Å². The molecule has 0 rings (SSSR count). The molecule has 5 heteroatoms. The molecule has 0 spiro atoms. The van der Waals surface area contributed by atoms with Crippen LogP contribution in [0.4, 0.5) is 13.2 Å². The van der Waals surface area contributed by atoms with Gasteiger partial charge in [0.1, 0.15) is 0 Å². The van der Waals surface area contributed by atoms with Gasteiger partial charge in [-0.1, -0.05) is 0 Å². The van der Waals surface area contributed by atoms with E-state index in [1.54, 1.807) is 0 Å². The van der Waals surface area contributed by atoms with Crippen molar-refractivity contribution in [3.8, 4) is 0 Å². The molecule has 0 amide bonds. The Morgan fingerprint density at radius 3 is 1.40 bits per heavy atom. The number of hydrogen-bond donors (Lipinski definition) is 0. The summed E-state index contributed by atoms with van der Waals surface area (Å²) >= 11 is 0.188. The van der Waals surface area contributed by atoms with Gasteiger partial charge >= 0.3 is 35.7 Å². The van der Waals surface area contributed by atoms with Gasteiger partial charge in [0.25, 0.3) is 0 Å². The van der Waals surface area contributed by atoms with E-state index in [1.807, 2.05) is 13.8 Å². The average Bonchev–Trinajstić information content (AvgIpc) is 1.63. The summed E-state index contributed by atoms with van der Waals surface area (Å²) in [4.78, 5) is -4.00. The first-order valence-electron chi connectivity index (χ1n) is 3.06. The Labute approximate surface area is 68.1 Å². The summed E-state index contributed by atoms with van der Waals surface area (Å²) in [6.07, 6.45) is 0. The van der Waals surface area contributed by atoms with E-state index in [1.165, 1.54) is 0 Å². The first kappa shape index (κ1) is 13.0. The van der Waals surface area contributed by atoms with Crippen LogP contribution in [0.2, 0.25) is 0 Å². The Balaban J connectivity index is 0. The molecule has 0 aromatic heterocycles. The zero-order valence-electron chi connectivity index (χ0n) is 6.46. The molecule has 0 fully saturated rings. The number of ether oxygens (including phenoxy) is 1. The SMILES string of the molecule is CCOCC.[Li][C](F)(F)F. The predicted molar refractivity (Wildman–Crippen MR) is 34.0 cm³/mol. The molecule has 0 bridgehead atoms. The van der Waals surface area contributed by atoms with Crippen LogP contribution in [0.15, 0.2) is 0 Å². The Hall–Kier alpha value is 0.347. The first-order valence-corrected chi connectivity index (χ1v) is 3.06. The average molecular weight is 150 g/mol. The van der Waals surface area contributed by atoms with Crippen LogP contribution in [0.3, 0.4) is 0 Å². The number of alkyl halides is 3. The summed E-state index contributed by atoms with van der Waals surface area (Å²) in [7, 11) is 0. The van der Waals surface area contributed by atoms with Crippen LogP contribution in [-0.4, -0.2) is 35.8 Å². The molecule has 0 N–H and O–H groups in total. The van der Waals surface area contributed by atoms with Crippen LogP contribution in [0, 0.1) is 0 Å². The monoisotopic (exact) mass is 150 g/mol. The molecule has 0 atom stereocenters. The number of hydrogen-bond acceptors (Lipinski definition) is 1. The van der Waals surface area contributed by atoms with Crippen molar-refractivity contribution in [3.63, 3.8) is 0 Å². The number of rotatable bonds is 2. The maximum atomic E-state index is 10.4. The second-order valence-electron chi connectivity index (χ2n) is 1.56. The Morgan fingerprint density at radius 1 is 1.20 bits per heavy atom. The molecule has 0 aromatic carbocycles. The van der Waals surface area contributed by atoms with E-state index in [0.717, 1.165) is 13.2 Å². The Bertz CT molecular complexity index is 56.4. The van der Waals surface area contributed by atoms with Gasteiger partial charge in [0.2, 0.25) is 0 Å². The van der Waals surface area contributed by atoms with Crippen LogP contribution in [0.1, 0.15) is 13.8 Å². The number of halogens is 3. The van der Waals surface area contributed by atoms with Crippen molar-refractivity contribution in [3.05, 3.63) is 0 Å². The molecular weight excluding hydrogens is 140 g/mol. The minimum absolute atomic E-state index is 0.188. The zero-order valence-corrected chi connectivity index (χ0v) is 6.46. The van der Waals surface area contributed by atoms with Gasteiger partial charge in [-0.25, -0.2) is 0 Å². The second-order valence-corrected chi connectivity index (χ2v) is 1.56. The summed E-state index contributed by atoms with van der Waals surface area (Å²) < 4.78 is 35.9. The van der Waals surface area contributed by atoms with E-state index in [2.05, 4.69) is 0 Å². The van der Waals surface area contributed by atoms with E-state index in [0.29, 0.717) is 0 Å². The Kier molecular flexibility index (Phi) is 9.67. The zero-order chi connectivity index (χ0) is 8.62. The third kappa shape index (κ3) is 81.8. The van der Waals surface area contributed by atoms with E-state index in [4.69, 9.17) is 4.74 Å². The van der Waals surface area contributed by atoms with Gasteiger partial charge < -0.3 is 4.74 Å². The fourth-order valence-corrected chi connectivity index (χ4v) is 0.204. The van der Waals surface area contributed by atoms with Gasteiger partial charge in [0.15, 0.2) is 0 Å². The quantitative estimate of drug-likeness (QED) is 0.544. The van der Waals surface area contributed by atoms with Gasteiger partial charge in [-0.15, -0.1) is 0 Å². The van der Waals surface area contributed by atoms with Gasteiger partial charge in [-0.3, -0.25) is 0 Å². The molecule has 0 radical (unpaired) electrons. The molecule has 58 valence electrons. The molecule has 0 saturated heterocycles. The van der Waals surface area contributed by atoms with Gasteiger partial charge in [0, 0.05) is 13.2 Å². The van der Waals surface area contributed by atoms with E-state index >= 15 is 0 Å². The molecule has 0 saturated carbocycles. The van der Waals surface area contributed by atoms with Crippen molar-refractivity contribution >= 4 is 17.7 Å². The summed E-state index contributed by atoms with van der Waals surface area (Å²) in [5, 5.41) is 0. The molecule has 0 aliphatic carbocycles. The molecule has 0 aliphatic heterocycles. The van der Waals surface area contributed by atoms with Gasteiger partial charge in [-0.05, 0) is 13.8 Å². The molecule has 0 heterocycles. The van der Waals surface area contributed by atoms with Crippen molar-refractivity contribution in [1.29, 1.82) is 0 Å². The van der Waals surface area contributed by atoms with Crippen molar-refractivity contribution < 1.29 is 17.9 Å². The molecule has 10 heavy (non-hydrogen) atoms. The van der Waals surface area contributed by atoms with Crippen LogP contribution >= 0.6 is 0 Å². The molecular formula is C5H10F3LiO. The standard InChI is InChI=1S/C4H10O.CF3.Li/c1-3-5-4-2;2-1(3)4;/h3-4H2,1-2H3;;. The minimum atomic E-state index is -4.00. The summed E-state index contributed by atoms with van der Waals surface area (Å²) in [5.74, 6) is 0. The van der Waals surface area contributed by atoms with Crippen LogP contribution < -0.4 is 0 Å². The van der Waals surface area contributed by atoms with Crippen molar-refractivity contribution in [2.45, 2.75) is 18.7 Å². The second kappa shape index (κ2) is 7.45. The maximum absolute atomic E-state index is 10.4. The van der Waals surface area contributed by atoms with Crippen molar-refractivity contribution in [1.82, 2.24) is 0 Å². The molecule has 0 aromatic rings. The fourth-order valence-electron chi connectivity index (χ4n) is 0.204. The summed E-state index contributed by atoms with van der Waals surface area (Å²) in [6.45, 7) is 5.67. The topological polar surface area (TPSA) is 9.23 Å². The van der Waals surface area contributed by atoms with Crippen molar-refractivity contribution in [2.24, 2.45) is 0 Å². The third-order valence-corrected chi connectivity index (χ3v) is 0.408. The summed E-state index contributed by atoms with van der Waals surface area (Å²) in [6, 6.07) is 0. The molecule has 0 aliphatic rings.